The first-order valence-corrected chi connectivity index (χ1v) is 3.25. The summed E-state index contributed by atoms with van der Waals surface area (Å²) in [5.74, 6) is 1.01. The number of rotatable bonds is 0. The smallest absolute Gasteiger partial charge is 0.146 e. The zero-order valence-corrected chi connectivity index (χ0v) is 9.61. The van der Waals surface area contributed by atoms with Crippen LogP contribution >= 0.6 is 11.6 Å². The molecule has 2 N–H and O–H groups in total. The van der Waals surface area contributed by atoms with Crippen molar-refractivity contribution < 1.29 is 0 Å². The van der Waals surface area contributed by atoms with Crippen molar-refractivity contribution in [3.63, 3.8) is 0 Å². The fraction of sp³-hybridized carbons (Fsp3) is 0.333. The molecular formula is C6H8ClN3Na. The summed E-state index contributed by atoms with van der Waals surface area (Å²) >= 11 is 5.70. The van der Waals surface area contributed by atoms with Crippen molar-refractivity contribution in [3.8, 4) is 0 Å². The average Bonchev–Trinajstić information content (AvgIpc) is 1.82. The van der Waals surface area contributed by atoms with Gasteiger partial charge < -0.3 is 5.73 Å². The number of aryl methyl sites for hydroxylation is 2. The number of hydrogen-bond donors (Lipinski definition) is 1. The zero-order valence-electron chi connectivity index (χ0n) is 6.85. The van der Waals surface area contributed by atoms with Gasteiger partial charge in [0, 0.05) is 29.6 Å². The van der Waals surface area contributed by atoms with E-state index < -0.39 is 0 Å². The minimum atomic E-state index is 0. The summed E-state index contributed by atoms with van der Waals surface area (Å²) in [4.78, 5) is 7.88. The third kappa shape index (κ3) is 2.60. The monoisotopic (exact) mass is 180 g/mol. The molecule has 5 heteroatoms. The number of halogens is 1. The minimum absolute atomic E-state index is 0. The molecule has 0 spiro atoms. The first-order chi connectivity index (χ1) is 4.61. The zero-order chi connectivity index (χ0) is 7.72. The molecule has 1 rings (SSSR count). The summed E-state index contributed by atoms with van der Waals surface area (Å²) in [6, 6.07) is 0. The molecule has 0 unspecified atom stereocenters. The van der Waals surface area contributed by atoms with E-state index in [2.05, 4.69) is 9.97 Å². The van der Waals surface area contributed by atoms with E-state index in [0.29, 0.717) is 16.7 Å². The quantitative estimate of drug-likeness (QED) is 0.605. The predicted molar refractivity (Wildman–Crippen MR) is 46.7 cm³/mol. The van der Waals surface area contributed by atoms with Crippen molar-refractivity contribution in [1.29, 1.82) is 0 Å². The Morgan fingerprint density at radius 2 is 1.82 bits per heavy atom. The van der Waals surface area contributed by atoms with Gasteiger partial charge in [0.1, 0.15) is 16.7 Å². The van der Waals surface area contributed by atoms with Crippen molar-refractivity contribution in [2.45, 2.75) is 13.8 Å². The molecule has 1 aromatic heterocycles. The van der Waals surface area contributed by atoms with Crippen LogP contribution in [0.3, 0.4) is 0 Å². The molecular weight excluding hydrogens is 173 g/mol. The fourth-order valence-electron chi connectivity index (χ4n) is 0.726. The number of aromatic nitrogens is 2. The molecule has 3 nitrogen and oxygen atoms in total. The van der Waals surface area contributed by atoms with Gasteiger partial charge in [-0.2, -0.15) is 0 Å². The second-order valence-electron chi connectivity index (χ2n) is 2.06. The third-order valence-electron chi connectivity index (χ3n) is 1.15. The van der Waals surface area contributed by atoms with E-state index in [-0.39, 0.29) is 29.6 Å². The number of nitrogens with two attached hydrogens (primary N) is 1. The van der Waals surface area contributed by atoms with E-state index in [1.807, 2.05) is 0 Å². The maximum atomic E-state index is 5.70. The predicted octanol–water partition coefficient (Wildman–Crippen LogP) is 0.948. The Labute approximate surface area is 92.7 Å². The standard InChI is InChI=1S/C6H8ClN3.Na/c1-3-5(7)6(8)10-4(2)9-3;/h1-2H3,(H2,8,9,10);. The van der Waals surface area contributed by atoms with Crippen LogP contribution in [0.1, 0.15) is 11.5 Å². The molecule has 1 heterocycles. The normalized spacial score (nSPS) is 9.00. The van der Waals surface area contributed by atoms with Gasteiger partial charge in [-0.05, 0) is 13.8 Å². The van der Waals surface area contributed by atoms with E-state index in [1.54, 1.807) is 13.8 Å². The second-order valence-corrected chi connectivity index (χ2v) is 2.43. The van der Waals surface area contributed by atoms with Crippen molar-refractivity contribution in [1.82, 2.24) is 9.97 Å². The molecule has 0 saturated heterocycles. The van der Waals surface area contributed by atoms with Crippen LogP contribution in [0.4, 0.5) is 5.82 Å². The molecule has 0 aliphatic carbocycles. The van der Waals surface area contributed by atoms with Gasteiger partial charge in [0.2, 0.25) is 0 Å². The van der Waals surface area contributed by atoms with Crippen LogP contribution in [0.15, 0.2) is 0 Å². The summed E-state index contributed by atoms with van der Waals surface area (Å²) in [6.45, 7) is 3.58. The van der Waals surface area contributed by atoms with Crippen LogP contribution in [-0.2, 0) is 0 Å². The molecule has 55 valence electrons. The van der Waals surface area contributed by atoms with E-state index in [9.17, 15) is 0 Å². The van der Waals surface area contributed by atoms with Crippen molar-refractivity contribution in [3.05, 3.63) is 16.5 Å². The number of hydrogen-bond acceptors (Lipinski definition) is 3. The minimum Gasteiger partial charge on any atom is -0.382 e. The average molecular weight is 181 g/mol. The molecule has 0 aliphatic rings. The van der Waals surface area contributed by atoms with Crippen LogP contribution in [0, 0.1) is 13.8 Å². The van der Waals surface area contributed by atoms with Gasteiger partial charge in [0.15, 0.2) is 0 Å². The number of nitrogens with zero attached hydrogens (tertiary/aromatic N) is 2. The summed E-state index contributed by atoms with van der Waals surface area (Å²) < 4.78 is 0. The van der Waals surface area contributed by atoms with E-state index in [1.165, 1.54) is 0 Å². The molecule has 1 aromatic rings. The summed E-state index contributed by atoms with van der Waals surface area (Å²) in [6.07, 6.45) is 0. The first-order valence-electron chi connectivity index (χ1n) is 2.87. The maximum Gasteiger partial charge on any atom is 0.146 e. The molecule has 0 amide bonds. The van der Waals surface area contributed by atoms with Crippen molar-refractivity contribution in [2.75, 3.05) is 5.73 Å². The topological polar surface area (TPSA) is 51.8 Å². The summed E-state index contributed by atoms with van der Waals surface area (Å²) in [5, 5.41) is 0.450. The van der Waals surface area contributed by atoms with Crippen molar-refractivity contribution >= 4 is 47.0 Å². The van der Waals surface area contributed by atoms with Crippen LogP contribution < -0.4 is 5.73 Å². The first kappa shape index (κ1) is 11.2. The van der Waals surface area contributed by atoms with Gasteiger partial charge in [-0.25, -0.2) is 9.97 Å². The van der Waals surface area contributed by atoms with Gasteiger partial charge in [0.25, 0.3) is 0 Å². The Hall–Kier alpha value is 0.170. The second kappa shape index (κ2) is 4.26. The summed E-state index contributed by atoms with van der Waals surface area (Å²) in [5.41, 5.74) is 6.17. The van der Waals surface area contributed by atoms with Gasteiger partial charge in [0.05, 0.1) is 5.69 Å². The fourth-order valence-corrected chi connectivity index (χ4v) is 0.810. The SMILES string of the molecule is Cc1nc(C)c(Cl)c(N)n1.[Na]. The molecule has 0 aromatic carbocycles. The largest absolute Gasteiger partial charge is 0.382 e. The Bertz CT molecular complexity index is 241. The molecule has 11 heavy (non-hydrogen) atoms. The molecule has 0 saturated carbocycles. The Morgan fingerprint density at radius 1 is 1.27 bits per heavy atom. The Balaban J connectivity index is 0.000001000. The molecule has 0 atom stereocenters. The third-order valence-corrected chi connectivity index (χ3v) is 1.62. The van der Waals surface area contributed by atoms with Gasteiger partial charge >= 0.3 is 0 Å². The van der Waals surface area contributed by atoms with E-state index in [4.69, 9.17) is 17.3 Å². The van der Waals surface area contributed by atoms with Crippen LogP contribution in [0.2, 0.25) is 5.02 Å². The maximum absolute atomic E-state index is 5.70. The number of nitrogen functional groups attached to an aromatic ring is 1. The Kier molecular flexibility index (Phi) is 4.32. The van der Waals surface area contributed by atoms with E-state index >= 15 is 0 Å². The van der Waals surface area contributed by atoms with Gasteiger partial charge in [-0.3, -0.25) is 0 Å². The van der Waals surface area contributed by atoms with Crippen LogP contribution in [0.5, 0.6) is 0 Å². The van der Waals surface area contributed by atoms with Crippen LogP contribution in [0.25, 0.3) is 0 Å². The van der Waals surface area contributed by atoms with E-state index in [0.717, 1.165) is 5.69 Å². The van der Waals surface area contributed by atoms with Gasteiger partial charge in [-0.15, -0.1) is 0 Å². The Morgan fingerprint density at radius 3 is 2.27 bits per heavy atom. The van der Waals surface area contributed by atoms with Gasteiger partial charge in [-0.1, -0.05) is 11.6 Å². The summed E-state index contributed by atoms with van der Waals surface area (Å²) in [7, 11) is 0. The molecule has 0 bridgehead atoms. The molecule has 0 aliphatic heterocycles. The molecule has 1 radical (unpaired) electrons. The molecule has 0 fully saturated rings. The number of anilines is 1. The van der Waals surface area contributed by atoms with Crippen LogP contribution in [-0.4, -0.2) is 39.5 Å². The van der Waals surface area contributed by atoms with Crippen molar-refractivity contribution in [2.24, 2.45) is 0 Å².